The standard InChI is InChI=1S/C45H49N2/c1-10-39-36-27-32(43(4,5)6)19-21-35(36)42-29-34(24-25-46(42)45(39,11-2)12-3)47-40-22-18-31(30-16-14-13-15-17-30)26-37(40)38-28-33(44(7,8)9)20-23-41(38)47/h10,13-29H,11-12H2,1-9H3/q+1. The lowest BCUT2D eigenvalue weighted by molar-refractivity contribution is -0.741. The van der Waals surface area contributed by atoms with Crippen LogP contribution in [0.1, 0.15) is 91.8 Å². The summed E-state index contributed by atoms with van der Waals surface area (Å²) in [6.45, 7) is 20.8. The van der Waals surface area contributed by atoms with Crippen LogP contribution in [0.25, 0.3) is 55.5 Å². The summed E-state index contributed by atoms with van der Waals surface area (Å²) in [7, 11) is 0. The number of hydrogen-bond donors (Lipinski definition) is 0. The van der Waals surface area contributed by atoms with Crippen LogP contribution >= 0.6 is 0 Å². The first-order chi connectivity index (χ1) is 22.4. The molecule has 0 aliphatic carbocycles. The zero-order valence-electron chi connectivity index (χ0n) is 29.7. The highest BCUT2D eigenvalue weighted by Gasteiger charge is 2.47. The molecule has 1 aliphatic heterocycles. The van der Waals surface area contributed by atoms with Crippen molar-refractivity contribution in [2.24, 2.45) is 0 Å². The van der Waals surface area contributed by atoms with E-state index in [9.17, 15) is 0 Å². The van der Waals surface area contributed by atoms with Gasteiger partial charge in [-0.15, -0.1) is 0 Å². The van der Waals surface area contributed by atoms with E-state index in [1.54, 1.807) is 0 Å². The van der Waals surface area contributed by atoms with Gasteiger partial charge in [-0.3, -0.25) is 0 Å². The van der Waals surface area contributed by atoms with E-state index in [2.05, 4.69) is 181 Å². The molecule has 238 valence electrons. The van der Waals surface area contributed by atoms with Gasteiger partial charge in [0.05, 0.1) is 22.3 Å². The number of nitrogens with zero attached hydrogens (tertiary/aromatic N) is 2. The first-order valence-electron chi connectivity index (χ1n) is 17.4. The summed E-state index contributed by atoms with van der Waals surface area (Å²) in [6, 6.07) is 36.8. The molecule has 0 amide bonds. The first-order valence-corrected chi connectivity index (χ1v) is 17.4. The fourth-order valence-corrected chi connectivity index (χ4v) is 8.02. The molecule has 1 aliphatic rings. The fourth-order valence-electron chi connectivity index (χ4n) is 8.02. The second-order valence-corrected chi connectivity index (χ2v) is 15.5. The van der Waals surface area contributed by atoms with E-state index in [0.29, 0.717) is 0 Å². The molecule has 0 bridgehead atoms. The second kappa shape index (κ2) is 11.1. The van der Waals surface area contributed by atoms with Gasteiger partial charge in [-0.1, -0.05) is 110 Å². The van der Waals surface area contributed by atoms with E-state index in [0.717, 1.165) is 12.8 Å². The van der Waals surface area contributed by atoms with Crippen LogP contribution in [0.3, 0.4) is 0 Å². The molecule has 3 heterocycles. The van der Waals surface area contributed by atoms with Crippen LogP contribution in [0.2, 0.25) is 0 Å². The first kappa shape index (κ1) is 31.2. The Morgan fingerprint density at radius 1 is 0.638 bits per heavy atom. The van der Waals surface area contributed by atoms with Crippen molar-refractivity contribution >= 4 is 27.4 Å². The average Bonchev–Trinajstić information content (AvgIpc) is 3.39. The number of fused-ring (bicyclic) bond motifs is 6. The van der Waals surface area contributed by atoms with Gasteiger partial charge in [0.15, 0.2) is 11.7 Å². The zero-order chi connectivity index (χ0) is 33.3. The summed E-state index contributed by atoms with van der Waals surface area (Å²) in [5.41, 5.74) is 14.4. The largest absolute Gasteiger partial charge is 0.309 e. The van der Waals surface area contributed by atoms with Crippen molar-refractivity contribution in [1.82, 2.24) is 4.57 Å². The van der Waals surface area contributed by atoms with Gasteiger partial charge in [-0.05, 0) is 82.0 Å². The van der Waals surface area contributed by atoms with E-state index < -0.39 is 0 Å². The number of hydrogen-bond acceptors (Lipinski definition) is 0. The molecule has 0 unspecified atom stereocenters. The molecule has 47 heavy (non-hydrogen) atoms. The number of aromatic nitrogens is 2. The normalized spacial score (nSPS) is 15.3. The van der Waals surface area contributed by atoms with Gasteiger partial charge >= 0.3 is 0 Å². The summed E-state index contributed by atoms with van der Waals surface area (Å²) < 4.78 is 5.06. The third-order valence-electron chi connectivity index (χ3n) is 10.8. The summed E-state index contributed by atoms with van der Waals surface area (Å²) in [6.07, 6.45) is 6.80. The van der Waals surface area contributed by atoms with Crippen LogP contribution in [0, 0.1) is 0 Å². The highest BCUT2D eigenvalue weighted by Crippen LogP contribution is 2.46. The molecular formula is C45H49N2+. The molecule has 2 heteroatoms. The molecule has 0 N–H and O–H groups in total. The summed E-state index contributed by atoms with van der Waals surface area (Å²) in [5, 5.41) is 2.60. The molecule has 6 aromatic rings. The fraction of sp³-hybridized carbons (Fsp3) is 0.311. The molecule has 0 saturated heterocycles. The minimum atomic E-state index is -0.0981. The van der Waals surface area contributed by atoms with Gasteiger partial charge in [-0.25, -0.2) is 0 Å². The van der Waals surface area contributed by atoms with Gasteiger partial charge in [0, 0.05) is 41.3 Å². The minimum Gasteiger partial charge on any atom is -0.309 e. The van der Waals surface area contributed by atoms with Gasteiger partial charge in [0.2, 0.25) is 5.69 Å². The van der Waals surface area contributed by atoms with E-state index in [1.807, 2.05) is 0 Å². The van der Waals surface area contributed by atoms with Crippen LogP contribution in [0.15, 0.2) is 109 Å². The molecule has 0 spiro atoms. The number of allylic oxidation sites excluding steroid dienone is 2. The Bertz CT molecular complexity index is 2170. The molecule has 4 aromatic carbocycles. The Morgan fingerprint density at radius 2 is 1.26 bits per heavy atom. The van der Waals surface area contributed by atoms with Crippen molar-refractivity contribution in [3.63, 3.8) is 0 Å². The summed E-state index contributed by atoms with van der Waals surface area (Å²) in [4.78, 5) is 0. The monoisotopic (exact) mass is 617 g/mol. The lowest BCUT2D eigenvalue weighted by atomic mass is 9.73. The van der Waals surface area contributed by atoms with Crippen LogP contribution in [-0.2, 0) is 16.4 Å². The predicted molar refractivity (Wildman–Crippen MR) is 201 cm³/mol. The maximum absolute atomic E-state index is 2.57. The van der Waals surface area contributed by atoms with Crippen LogP contribution in [0.5, 0.6) is 0 Å². The maximum Gasteiger partial charge on any atom is 0.215 e. The molecule has 2 nitrogen and oxygen atoms in total. The quantitative estimate of drug-likeness (QED) is 0.174. The number of benzene rings is 4. The van der Waals surface area contributed by atoms with Crippen LogP contribution in [-0.4, -0.2) is 4.57 Å². The molecule has 2 aromatic heterocycles. The van der Waals surface area contributed by atoms with Gasteiger partial charge in [0.25, 0.3) is 0 Å². The summed E-state index contributed by atoms with van der Waals surface area (Å²) in [5.74, 6) is 0. The van der Waals surface area contributed by atoms with Crippen molar-refractivity contribution in [3.05, 3.63) is 126 Å². The molecule has 0 saturated carbocycles. The van der Waals surface area contributed by atoms with Crippen LogP contribution < -0.4 is 4.57 Å². The Kier molecular flexibility index (Phi) is 7.35. The van der Waals surface area contributed by atoms with E-state index in [-0.39, 0.29) is 16.4 Å². The van der Waals surface area contributed by atoms with Gasteiger partial charge in [0.1, 0.15) is 0 Å². The zero-order valence-corrected chi connectivity index (χ0v) is 29.7. The predicted octanol–water partition coefficient (Wildman–Crippen LogP) is 11.9. The smallest absolute Gasteiger partial charge is 0.215 e. The number of rotatable bonds is 4. The Morgan fingerprint density at radius 3 is 1.89 bits per heavy atom. The Labute approximate surface area is 281 Å². The molecule has 0 fully saturated rings. The minimum absolute atomic E-state index is 0.0614. The van der Waals surface area contributed by atoms with E-state index >= 15 is 0 Å². The van der Waals surface area contributed by atoms with E-state index in [4.69, 9.17) is 0 Å². The number of pyridine rings is 1. The van der Waals surface area contributed by atoms with Crippen LogP contribution in [0.4, 0.5) is 0 Å². The van der Waals surface area contributed by atoms with Gasteiger partial charge < -0.3 is 4.57 Å². The topological polar surface area (TPSA) is 8.81 Å². The average molecular weight is 618 g/mol. The van der Waals surface area contributed by atoms with Crippen molar-refractivity contribution < 1.29 is 4.57 Å². The highest BCUT2D eigenvalue weighted by molar-refractivity contribution is 6.10. The second-order valence-electron chi connectivity index (χ2n) is 15.5. The maximum atomic E-state index is 2.57. The molecular weight excluding hydrogens is 569 g/mol. The van der Waals surface area contributed by atoms with E-state index in [1.165, 1.54) is 72.1 Å². The molecule has 0 radical (unpaired) electrons. The highest BCUT2D eigenvalue weighted by atomic mass is 15.1. The third-order valence-corrected chi connectivity index (χ3v) is 10.8. The SMILES string of the molecule is CC=C1c2cc(C(C)(C)C)ccc2-c2cc(-n3c4ccc(-c5ccccc5)cc4c4cc(C(C)(C)C)ccc43)cc[n+]2C1(CC)CC. The Balaban J connectivity index is 1.52. The third kappa shape index (κ3) is 4.87. The van der Waals surface area contributed by atoms with Crippen molar-refractivity contribution in [2.75, 3.05) is 0 Å². The molecule has 7 rings (SSSR count). The van der Waals surface area contributed by atoms with Gasteiger partial charge in [-0.2, -0.15) is 4.57 Å². The Hall–Kier alpha value is -4.43. The molecule has 0 atom stereocenters. The van der Waals surface area contributed by atoms with Crippen molar-refractivity contribution in [1.29, 1.82) is 0 Å². The van der Waals surface area contributed by atoms with Crippen molar-refractivity contribution in [2.45, 2.75) is 91.5 Å². The lowest BCUT2D eigenvalue weighted by Gasteiger charge is -2.36. The summed E-state index contributed by atoms with van der Waals surface area (Å²) >= 11 is 0. The lowest BCUT2D eigenvalue weighted by Crippen LogP contribution is -2.59. The van der Waals surface area contributed by atoms with Crippen molar-refractivity contribution in [3.8, 4) is 28.1 Å².